The molecule has 0 aliphatic heterocycles. The van der Waals surface area contributed by atoms with Crippen LogP contribution in [0.2, 0.25) is 0 Å². The van der Waals surface area contributed by atoms with Crippen molar-refractivity contribution in [1.29, 1.82) is 0 Å². The zero-order valence-corrected chi connectivity index (χ0v) is 6.10. The highest BCUT2D eigenvalue weighted by atomic mass is 32.1. The van der Waals surface area contributed by atoms with E-state index in [1.165, 1.54) is 23.6 Å². The summed E-state index contributed by atoms with van der Waals surface area (Å²) in [5.41, 5.74) is 5.04. The van der Waals surface area contributed by atoms with Crippen LogP contribution in [0.4, 0.5) is 0 Å². The van der Waals surface area contributed by atoms with Crippen molar-refractivity contribution in [3.8, 4) is 0 Å². The first kappa shape index (κ1) is 7.02. The molecule has 52 valence electrons. The Hall–Kier alpha value is -1.09. The molecular formula is C7H7NOS. The molecule has 1 aromatic rings. The fourth-order valence-electron chi connectivity index (χ4n) is 0.588. The van der Waals surface area contributed by atoms with Gasteiger partial charge in [-0.1, -0.05) is 6.07 Å². The van der Waals surface area contributed by atoms with E-state index in [-0.39, 0.29) is 5.78 Å². The van der Waals surface area contributed by atoms with Gasteiger partial charge in [0.05, 0.1) is 4.88 Å². The van der Waals surface area contributed by atoms with Gasteiger partial charge in [-0.05, 0) is 17.6 Å². The molecule has 0 saturated carbocycles. The Labute approximate surface area is 63.0 Å². The minimum Gasteiger partial charge on any atom is -0.404 e. The number of thiophene rings is 1. The maximum atomic E-state index is 10.9. The fourth-order valence-corrected chi connectivity index (χ4v) is 1.23. The smallest absolute Gasteiger partial charge is 0.197 e. The molecule has 0 spiro atoms. The summed E-state index contributed by atoms with van der Waals surface area (Å²) in [7, 11) is 0. The zero-order chi connectivity index (χ0) is 7.40. The molecule has 0 aromatic carbocycles. The van der Waals surface area contributed by atoms with Gasteiger partial charge in [0, 0.05) is 6.08 Å². The Morgan fingerprint density at radius 2 is 2.50 bits per heavy atom. The Morgan fingerprint density at radius 3 is 3.00 bits per heavy atom. The topological polar surface area (TPSA) is 43.1 Å². The minimum atomic E-state index is -0.0301. The van der Waals surface area contributed by atoms with Crippen molar-refractivity contribution >= 4 is 17.1 Å². The van der Waals surface area contributed by atoms with E-state index in [4.69, 9.17) is 5.73 Å². The lowest BCUT2D eigenvalue weighted by molar-refractivity contribution is 0.105. The van der Waals surface area contributed by atoms with Crippen LogP contribution in [-0.4, -0.2) is 5.78 Å². The third-order valence-corrected chi connectivity index (χ3v) is 1.90. The molecule has 0 aliphatic rings. The molecule has 0 unspecified atom stereocenters. The van der Waals surface area contributed by atoms with Crippen LogP contribution in [0.3, 0.4) is 0 Å². The number of rotatable bonds is 2. The Morgan fingerprint density at radius 1 is 1.70 bits per heavy atom. The van der Waals surface area contributed by atoms with Crippen LogP contribution in [0.25, 0.3) is 0 Å². The van der Waals surface area contributed by atoms with Crippen molar-refractivity contribution in [2.75, 3.05) is 0 Å². The molecule has 2 N–H and O–H groups in total. The van der Waals surface area contributed by atoms with E-state index in [1.807, 2.05) is 11.4 Å². The largest absolute Gasteiger partial charge is 0.404 e. The standard InChI is InChI=1S/C7H7NOS/c8-4-3-6(9)7-2-1-5-10-7/h1-5H,8H2. The third-order valence-electron chi connectivity index (χ3n) is 1.01. The van der Waals surface area contributed by atoms with Crippen LogP contribution >= 0.6 is 11.3 Å². The van der Waals surface area contributed by atoms with Gasteiger partial charge < -0.3 is 5.73 Å². The van der Waals surface area contributed by atoms with Crippen molar-refractivity contribution < 1.29 is 4.79 Å². The van der Waals surface area contributed by atoms with Crippen molar-refractivity contribution in [2.45, 2.75) is 0 Å². The van der Waals surface area contributed by atoms with Crippen molar-refractivity contribution in [3.63, 3.8) is 0 Å². The molecule has 0 atom stereocenters. The SMILES string of the molecule is NC=CC(=O)c1cccs1. The highest BCUT2D eigenvalue weighted by Crippen LogP contribution is 2.08. The van der Waals surface area contributed by atoms with E-state index < -0.39 is 0 Å². The first-order valence-electron chi connectivity index (χ1n) is 2.80. The molecule has 0 bridgehead atoms. The highest BCUT2D eigenvalue weighted by Gasteiger charge is 1.99. The van der Waals surface area contributed by atoms with E-state index >= 15 is 0 Å². The monoisotopic (exact) mass is 153 g/mol. The van der Waals surface area contributed by atoms with Gasteiger partial charge in [0.1, 0.15) is 0 Å². The van der Waals surface area contributed by atoms with Gasteiger partial charge in [0.25, 0.3) is 0 Å². The summed E-state index contributed by atoms with van der Waals surface area (Å²) in [5, 5.41) is 1.86. The van der Waals surface area contributed by atoms with Gasteiger partial charge in [-0.3, -0.25) is 4.79 Å². The lowest BCUT2D eigenvalue weighted by Crippen LogP contribution is -1.90. The summed E-state index contributed by atoms with van der Waals surface area (Å²) in [6, 6.07) is 3.61. The average molecular weight is 153 g/mol. The summed E-state index contributed by atoms with van der Waals surface area (Å²) in [6.45, 7) is 0. The number of hydrogen-bond acceptors (Lipinski definition) is 3. The number of nitrogens with two attached hydrogens (primary N) is 1. The Balaban J connectivity index is 2.78. The van der Waals surface area contributed by atoms with Gasteiger partial charge in [-0.2, -0.15) is 0 Å². The maximum absolute atomic E-state index is 10.9. The molecule has 0 amide bonds. The Bertz CT molecular complexity index is 238. The van der Waals surface area contributed by atoms with Crippen LogP contribution in [0.5, 0.6) is 0 Å². The van der Waals surface area contributed by atoms with Crippen molar-refractivity contribution in [1.82, 2.24) is 0 Å². The molecule has 2 nitrogen and oxygen atoms in total. The second-order valence-electron chi connectivity index (χ2n) is 1.70. The maximum Gasteiger partial charge on any atom is 0.197 e. The number of carbonyl (C=O) groups excluding carboxylic acids is 1. The zero-order valence-electron chi connectivity index (χ0n) is 5.28. The summed E-state index contributed by atoms with van der Waals surface area (Å²) in [5.74, 6) is -0.0301. The highest BCUT2D eigenvalue weighted by molar-refractivity contribution is 7.12. The van der Waals surface area contributed by atoms with Crippen LogP contribution in [0, 0.1) is 0 Å². The molecule has 1 aromatic heterocycles. The van der Waals surface area contributed by atoms with E-state index in [2.05, 4.69) is 0 Å². The van der Waals surface area contributed by atoms with Gasteiger partial charge in [-0.15, -0.1) is 11.3 Å². The normalized spacial score (nSPS) is 10.4. The lowest BCUT2D eigenvalue weighted by atomic mass is 10.3. The molecular weight excluding hydrogens is 146 g/mol. The van der Waals surface area contributed by atoms with Crippen molar-refractivity contribution in [2.24, 2.45) is 5.73 Å². The summed E-state index contributed by atoms with van der Waals surface area (Å²) in [4.78, 5) is 11.7. The van der Waals surface area contributed by atoms with Crippen LogP contribution in [0.1, 0.15) is 9.67 Å². The van der Waals surface area contributed by atoms with Crippen LogP contribution in [0.15, 0.2) is 29.8 Å². The average Bonchev–Trinajstić information content (AvgIpc) is 2.38. The number of ketones is 1. The van der Waals surface area contributed by atoms with Gasteiger partial charge in [0.2, 0.25) is 0 Å². The van der Waals surface area contributed by atoms with Gasteiger partial charge in [-0.25, -0.2) is 0 Å². The quantitative estimate of drug-likeness (QED) is 0.515. The minimum absolute atomic E-state index is 0.0301. The fraction of sp³-hybridized carbons (Fsp3) is 0. The number of allylic oxidation sites excluding steroid dienone is 1. The molecule has 0 radical (unpaired) electrons. The molecule has 10 heavy (non-hydrogen) atoms. The van der Waals surface area contributed by atoms with E-state index in [9.17, 15) is 4.79 Å². The lowest BCUT2D eigenvalue weighted by Gasteiger charge is -1.83. The van der Waals surface area contributed by atoms with Crippen LogP contribution < -0.4 is 5.73 Å². The Kier molecular flexibility index (Phi) is 2.23. The second kappa shape index (κ2) is 3.17. The van der Waals surface area contributed by atoms with Gasteiger partial charge >= 0.3 is 0 Å². The van der Waals surface area contributed by atoms with Crippen LogP contribution in [-0.2, 0) is 0 Å². The molecule has 0 aliphatic carbocycles. The molecule has 0 fully saturated rings. The summed E-state index contributed by atoms with van der Waals surface area (Å²) in [6.07, 6.45) is 2.61. The number of hydrogen-bond donors (Lipinski definition) is 1. The van der Waals surface area contributed by atoms with E-state index in [0.717, 1.165) is 4.88 Å². The first-order valence-corrected chi connectivity index (χ1v) is 3.68. The van der Waals surface area contributed by atoms with Crippen molar-refractivity contribution in [3.05, 3.63) is 34.7 Å². The van der Waals surface area contributed by atoms with Gasteiger partial charge in [0.15, 0.2) is 5.78 Å². The molecule has 1 heterocycles. The van der Waals surface area contributed by atoms with E-state index in [0.29, 0.717) is 0 Å². The second-order valence-corrected chi connectivity index (χ2v) is 2.65. The molecule has 1 rings (SSSR count). The predicted molar refractivity (Wildman–Crippen MR) is 42.0 cm³/mol. The first-order chi connectivity index (χ1) is 4.84. The summed E-state index contributed by atoms with van der Waals surface area (Å²) >= 11 is 1.41. The number of carbonyl (C=O) groups is 1. The predicted octanol–water partition coefficient (Wildman–Crippen LogP) is 1.40. The summed E-state index contributed by atoms with van der Waals surface area (Å²) < 4.78 is 0. The van der Waals surface area contributed by atoms with E-state index in [1.54, 1.807) is 6.07 Å². The molecule has 3 heteroatoms. The molecule has 0 saturated heterocycles. The third kappa shape index (κ3) is 1.45.